The molecular formula is C19H16F4N2O. The maximum absolute atomic E-state index is 13.7. The lowest BCUT2D eigenvalue weighted by molar-refractivity contribution is -0.136. The van der Waals surface area contributed by atoms with Crippen molar-refractivity contribution in [2.45, 2.75) is 20.0 Å². The fourth-order valence-electron chi connectivity index (χ4n) is 2.65. The van der Waals surface area contributed by atoms with Gasteiger partial charge in [0.05, 0.1) is 17.7 Å². The SMILES string of the molecule is [C-]#[N+]c1ccc(-c2ccc(F)cc2C(=O)N(CC)CC)cc1C(F)(F)F. The van der Waals surface area contributed by atoms with Gasteiger partial charge in [-0.1, -0.05) is 24.3 Å². The minimum absolute atomic E-state index is 0.0163. The summed E-state index contributed by atoms with van der Waals surface area (Å²) in [4.78, 5) is 17.0. The molecule has 1 amide bonds. The largest absolute Gasteiger partial charge is 0.407 e. The van der Waals surface area contributed by atoms with E-state index in [2.05, 4.69) is 4.85 Å². The first-order valence-electron chi connectivity index (χ1n) is 7.90. The second-order valence-electron chi connectivity index (χ2n) is 5.51. The van der Waals surface area contributed by atoms with Crippen LogP contribution >= 0.6 is 0 Å². The van der Waals surface area contributed by atoms with Crippen molar-refractivity contribution in [1.29, 1.82) is 0 Å². The second kappa shape index (κ2) is 7.56. The van der Waals surface area contributed by atoms with Crippen LogP contribution in [0.4, 0.5) is 23.2 Å². The van der Waals surface area contributed by atoms with Gasteiger partial charge in [-0.05, 0) is 37.1 Å². The summed E-state index contributed by atoms with van der Waals surface area (Å²) in [6, 6.07) is 6.59. The topological polar surface area (TPSA) is 24.7 Å². The Balaban J connectivity index is 2.67. The maximum Gasteiger partial charge on any atom is 0.407 e. The van der Waals surface area contributed by atoms with Crippen molar-refractivity contribution in [1.82, 2.24) is 4.90 Å². The number of alkyl halides is 3. The highest BCUT2D eigenvalue weighted by Gasteiger charge is 2.34. The summed E-state index contributed by atoms with van der Waals surface area (Å²) >= 11 is 0. The monoisotopic (exact) mass is 364 g/mol. The number of amides is 1. The second-order valence-corrected chi connectivity index (χ2v) is 5.51. The zero-order chi connectivity index (χ0) is 19.5. The van der Waals surface area contributed by atoms with Gasteiger partial charge in [0.25, 0.3) is 5.91 Å². The molecule has 0 aliphatic rings. The number of carbonyl (C=O) groups is 1. The molecule has 0 bridgehead atoms. The van der Waals surface area contributed by atoms with Crippen molar-refractivity contribution in [2.75, 3.05) is 13.1 Å². The maximum atomic E-state index is 13.7. The number of carbonyl (C=O) groups excluding carboxylic acids is 1. The molecule has 0 spiro atoms. The van der Waals surface area contributed by atoms with Gasteiger partial charge in [-0.25, -0.2) is 9.24 Å². The van der Waals surface area contributed by atoms with Gasteiger partial charge < -0.3 is 4.90 Å². The molecule has 0 N–H and O–H groups in total. The Labute approximate surface area is 148 Å². The summed E-state index contributed by atoms with van der Waals surface area (Å²) in [5, 5.41) is 0. The van der Waals surface area contributed by atoms with Crippen molar-refractivity contribution in [3.63, 3.8) is 0 Å². The smallest absolute Gasteiger partial charge is 0.339 e. The van der Waals surface area contributed by atoms with E-state index in [1.54, 1.807) is 13.8 Å². The number of hydrogen-bond acceptors (Lipinski definition) is 1. The molecule has 0 heterocycles. The Hall–Kier alpha value is -2.88. The molecule has 0 aliphatic carbocycles. The van der Waals surface area contributed by atoms with Crippen molar-refractivity contribution in [3.8, 4) is 11.1 Å². The zero-order valence-electron chi connectivity index (χ0n) is 14.2. The van der Waals surface area contributed by atoms with Gasteiger partial charge >= 0.3 is 6.18 Å². The van der Waals surface area contributed by atoms with Crippen LogP contribution in [0.2, 0.25) is 0 Å². The first-order valence-corrected chi connectivity index (χ1v) is 7.90. The predicted octanol–water partition coefficient (Wildman–Crippen LogP) is 5.54. The van der Waals surface area contributed by atoms with Crippen LogP contribution in [0.3, 0.4) is 0 Å². The van der Waals surface area contributed by atoms with Gasteiger partial charge in [-0.2, -0.15) is 13.2 Å². The van der Waals surface area contributed by atoms with Crippen LogP contribution in [0.25, 0.3) is 16.0 Å². The van der Waals surface area contributed by atoms with Gasteiger partial charge in [0, 0.05) is 13.1 Å². The molecule has 3 nitrogen and oxygen atoms in total. The van der Waals surface area contributed by atoms with E-state index in [9.17, 15) is 22.4 Å². The number of rotatable bonds is 4. The molecule has 0 atom stereocenters. The molecule has 2 aromatic rings. The number of nitrogens with zero attached hydrogens (tertiary/aromatic N) is 2. The van der Waals surface area contributed by atoms with Gasteiger partial charge in [0.1, 0.15) is 5.82 Å². The third-order valence-corrected chi connectivity index (χ3v) is 4.00. The first kappa shape index (κ1) is 19.4. The van der Waals surface area contributed by atoms with Crippen LogP contribution < -0.4 is 0 Å². The van der Waals surface area contributed by atoms with Crippen LogP contribution in [0.15, 0.2) is 36.4 Å². The zero-order valence-corrected chi connectivity index (χ0v) is 14.2. The van der Waals surface area contributed by atoms with Crippen LogP contribution in [0, 0.1) is 12.4 Å². The highest BCUT2D eigenvalue weighted by atomic mass is 19.4. The van der Waals surface area contributed by atoms with E-state index in [1.807, 2.05) is 0 Å². The lowest BCUT2D eigenvalue weighted by Gasteiger charge is -2.21. The summed E-state index contributed by atoms with van der Waals surface area (Å²) in [6.45, 7) is 11.2. The van der Waals surface area contributed by atoms with Crippen LogP contribution in [-0.2, 0) is 6.18 Å². The molecule has 26 heavy (non-hydrogen) atoms. The lowest BCUT2D eigenvalue weighted by atomic mass is 9.96. The van der Waals surface area contributed by atoms with E-state index in [0.717, 1.165) is 24.3 Å². The van der Waals surface area contributed by atoms with Crippen molar-refractivity contribution >= 4 is 11.6 Å². The molecule has 0 aromatic heterocycles. The van der Waals surface area contributed by atoms with Crippen molar-refractivity contribution < 1.29 is 22.4 Å². The molecule has 0 saturated heterocycles. The Bertz CT molecular complexity index is 865. The van der Waals surface area contributed by atoms with Gasteiger partial charge in [-0.15, -0.1) is 0 Å². The summed E-state index contributed by atoms with van der Waals surface area (Å²) in [5.74, 6) is -1.12. The molecule has 0 unspecified atom stereocenters. The summed E-state index contributed by atoms with van der Waals surface area (Å²) in [5.41, 5.74) is -1.35. The van der Waals surface area contributed by atoms with E-state index in [4.69, 9.17) is 6.57 Å². The molecule has 2 rings (SSSR count). The molecule has 0 saturated carbocycles. The van der Waals surface area contributed by atoms with Crippen LogP contribution in [0.5, 0.6) is 0 Å². The van der Waals surface area contributed by atoms with Crippen molar-refractivity contribution in [2.24, 2.45) is 0 Å². The molecule has 0 radical (unpaired) electrons. The standard InChI is InChI=1S/C19H16F4N2O/c1-4-25(5-2)18(26)15-11-13(20)7-8-14(15)12-6-9-17(24-3)16(10-12)19(21,22)23/h6-11H,4-5H2,1-2H3. The fourth-order valence-corrected chi connectivity index (χ4v) is 2.65. The average Bonchev–Trinajstić information content (AvgIpc) is 2.61. The molecule has 7 heteroatoms. The molecule has 2 aromatic carbocycles. The molecule has 0 fully saturated rings. The summed E-state index contributed by atoms with van der Waals surface area (Å²) in [6.07, 6.45) is -4.71. The highest BCUT2D eigenvalue weighted by molar-refractivity contribution is 6.01. The number of hydrogen-bond donors (Lipinski definition) is 0. The van der Waals surface area contributed by atoms with Gasteiger partial charge in [0.2, 0.25) is 0 Å². The quantitative estimate of drug-likeness (QED) is 0.516. The summed E-state index contributed by atoms with van der Waals surface area (Å²) in [7, 11) is 0. The van der Waals surface area contributed by atoms with E-state index >= 15 is 0 Å². The Morgan fingerprint density at radius 1 is 1.12 bits per heavy atom. The van der Waals surface area contributed by atoms with Crippen molar-refractivity contribution in [3.05, 3.63) is 64.8 Å². The van der Waals surface area contributed by atoms with E-state index in [0.29, 0.717) is 13.1 Å². The number of benzene rings is 2. The van der Waals surface area contributed by atoms with Crippen LogP contribution in [-0.4, -0.2) is 23.9 Å². The Morgan fingerprint density at radius 3 is 2.31 bits per heavy atom. The van der Waals surface area contributed by atoms with Crippen LogP contribution in [0.1, 0.15) is 29.8 Å². The Morgan fingerprint density at radius 2 is 1.77 bits per heavy atom. The average molecular weight is 364 g/mol. The molecule has 0 aliphatic heterocycles. The minimum Gasteiger partial charge on any atom is -0.339 e. The van der Waals surface area contributed by atoms with E-state index in [-0.39, 0.29) is 16.7 Å². The minimum atomic E-state index is -4.71. The third-order valence-electron chi connectivity index (χ3n) is 4.00. The molecule has 136 valence electrons. The lowest BCUT2D eigenvalue weighted by Crippen LogP contribution is -2.31. The van der Waals surface area contributed by atoms with E-state index < -0.39 is 29.2 Å². The fraction of sp³-hybridized carbons (Fsp3) is 0.263. The van der Waals surface area contributed by atoms with Gasteiger partial charge in [-0.3, -0.25) is 4.79 Å². The first-order chi connectivity index (χ1) is 12.2. The van der Waals surface area contributed by atoms with E-state index in [1.165, 1.54) is 17.0 Å². The normalized spacial score (nSPS) is 11.1. The van der Waals surface area contributed by atoms with Gasteiger partial charge in [0.15, 0.2) is 5.69 Å². The number of halogens is 4. The Kier molecular flexibility index (Phi) is 5.66. The predicted molar refractivity (Wildman–Crippen MR) is 90.4 cm³/mol. The highest BCUT2D eigenvalue weighted by Crippen LogP contribution is 2.39. The summed E-state index contributed by atoms with van der Waals surface area (Å²) < 4.78 is 53.3. The third kappa shape index (κ3) is 3.85. The molecular weight excluding hydrogens is 348 g/mol.